The second-order valence-electron chi connectivity index (χ2n) is 14.5. The lowest BCUT2D eigenvalue weighted by atomic mass is 9.37. The number of hydrogen-bond acceptors (Lipinski definition) is 11. The smallest absolute Gasteiger partial charge is 0.331 e. The molecule has 11 heteroatoms. The summed E-state index contributed by atoms with van der Waals surface area (Å²) in [5, 5.41) is 13.0. The van der Waals surface area contributed by atoms with Gasteiger partial charge >= 0.3 is 23.9 Å². The molecule has 0 amide bonds. The van der Waals surface area contributed by atoms with Gasteiger partial charge in [-0.1, -0.05) is 41.5 Å². The van der Waals surface area contributed by atoms with Crippen molar-refractivity contribution < 1.29 is 52.4 Å². The molecular weight excluding hydrogens is 572 g/mol. The summed E-state index contributed by atoms with van der Waals surface area (Å²) >= 11 is 0. The Bertz CT molecular complexity index is 1430. The van der Waals surface area contributed by atoms with E-state index in [4.69, 9.17) is 28.1 Å². The summed E-state index contributed by atoms with van der Waals surface area (Å²) in [6, 6.07) is 1.74. The summed E-state index contributed by atoms with van der Waals surface area (Å²) in [6.45, 7) is 12.4. The fourth-order valence-corrected chi connectivity index (χ4v) is 9.87. The molecule has 4 fully saturated rings. The first-order valence-corrected chi connectivity index (χ1v) is 15.3. The van der Waals surface area contributed by atoms with Gasteiger partial charge in [-0.2, -0.15) is 0 Å². The SMILES string of the molecule is COC(=O)C[C@H]1C(C)(C)[C@H](OC(=O)C(C)C)[C@@H]2[C@@H](OC(C)=O)[C@@]34O[C@]2(O)[C@]1(C)[C@H]3CC[C@]1(C)C4=CC(=O)O[C@H]1c1ccoc1. The molecule has 3 aliphatic heterocycles. The zero-order chi connectivity index (χ0) is 32.2. The van der Waals surface area contributed by atoms with Crippen LogP contribution in [0, 0.1) is 39.9 Å². The number of carbonyl (C=O) groups excluding carboxylic acids is 4. The van der Waals surface area contributed by atoms with Gasteiger partial charge in [0, 0.05) is 47.1 Å². The van der Waals surface area contributed by atoms with E-state index in [-0.39, 0.29) is 6.42 Å². The highest BCUT2D eigenvalue weighted by Crippen LogP contribution is 2.81. The molecule has 1 aromatic heterocycles. The number of carbonyl (C=O) groups is 4. The van der Waals surface area contributed by atoms with Gasteiger partial charge in [-0.3, -0.25) is 14.4 Å². The number of rotatable bonds is 6. The second kappa shape index (κ2) is 9.66. The van der Waals surface area contributed by atoms with Crippen LogP contribution < -0.4 is 0 Å². The van der Waals surface area contributed by atoms with E-state index in [1.54, 1.807) is 19.9 Å². The molecule has 44 heavy (non-hydrogen) atoms. The van der Waals surface area contributed by atoms with Crippen LogP contribution in [0.4, 0.5) is 0 Å². The number of aliphatic hydroxyl groups is 1. The van der Waals surface area contributed by atoms with E-state index in [1.165, 1.54) is 32.6 Å². The molecule has 2 saturated carbocycles. The molecule has 1 N–H and O–H groups in total. The minimum Gasteiger partial charge on any atom is -0.472 e. The Morgan fingerprint density at radius 3 is 2.41 bits per heavy atom. The van der Waals surface area contributed by atoms with Crippen LogP contribution in [0.1, 0.15) is 79.4 Å². The van der Waals surface area contributed by atoms with Gasteiger partial charge in [0.05, 0.1) is 31.5 Å². The minimum absolute atomic E-state index is 0.0745. The average molecular weight is 615 g/mol. The predicted molar refractivity (Wildman–Crippen MR) is 151 cm³/mol. The summed E-state index contributed by atoms with van der Waals surface area (Å²) in [7, 11) is 1.31. The summed E-state index contributed by atoms with van der Waals surface area (Å²) in [6.07, 6.45) is 2.54. The number of hydrogen-bond donors (Lipinski definition) is 1. The molecule has 10 atom stereocenters. The van der Waals surface area contributed by atoms with Crippen molar-refractivity contribution in [3.05, 3.63) is 35.8 Å². The lowest BCUT2D eigenvalue weighted by Crippen LogP contribution is -2.76. The standard InChI is InChI=1S/C33H42O11/c1-16(2)28(37)43-26-24-27(41-17(3)34)32-19(31(7,33(24,38)44-32)20(29(26,4)5)13-22(35)39-8)9-11-30(6)21(32)14-23(36)42-25(30)18-10-12-40-15-18/h10,12,14-16,19-20,24-27,38H,9,11,13H2,1-8H3/t19-,20+,24-,25+,26-,27-,30-,31-,32-,33+/m1/s1. The van der Waals surface area contributed by atoms with Crippen molar-refractivity contribution in [3.8, 4) is 0 Å². The highest BCUT2D eigenvalue weighted by atomic mass is 16.7. The van der Waals surface area contributed by atoms with Gasteiger partial charge in [0.15, 0.2) is 5.79 Å². The number of ether oxygens (including phenoxy) is 5. The monoisotopic (exact) mass is 614 g/mol. The third-order valence-corrected chi connectivity index (χ3v) is 11.7. The third-order valence-electron chi connectivity index (χ3n) is 11.7. The fraction of sp³-hybridized carbons (Fsp3) is 0.697. The van der Waals surface area contributed by atoms with Crippen molar-refractivity contribution in [2.75, 3.05) is 7.11 Å². The topological polar surface area (TPSA) is 148 Å². The van der Waals surface area contributed by atoms with Gasteiger partial charge in [-0.05, 0) is 30.4 Å². The number of methoxy groups -OCH3 is 1. The van der Waals surface area contributed by atoms with Crippen molar-refractivity contribution in [1.82, 2.24) is 0 Å². The fourth-order valence-electron chi connectivity index (χ4n) is 9.87. The van der Waals surface area contributed by atoms with Crippen LogP contribution in [0.25, 0.3) is 0 Å². The van der Waals surface area contributed by atoms with Crippen LogP contribution in [0.2, 0.25) is 0 Å². The second-order valence-corrected chi connectivity index (χ2v) is 14.5. The Morgan fingerprint density at radius 2 is 1.82 bits per heavy atom. The maximum absolute atomic E-state index is 13.3. The number of cyclic esters (lactones) is 1. The average Bonchev–Trinajstić information content (AvgIpc) is 3.61. The summed E-state index contributed by atoms with van der Waals surface area (Å²) in [4.78, 5) is 52.4. The first-order valence-electron chi connectivity index (χ1n) is 15.3. The van der Waals surface area contributed by atoms with Crippen LogP contribution >= 0.6 is 0 Å². The molecule has 0 radical (unpaired) electrons. The largest absolute Gasteiger partial charge is 0.472 e. The first kappa shape index (κ1) is 30.8. The Kier molecular flexibility index (Phi) is 6.77. The van der Waals surface area contributed by atoms with E-state index in [1.807, 2.05) is 27.7 Å². The predicted octanol–water partition coefficient (Wildman–Crippen LogP) is 4.03. The van der Waals surface area contributed by atoms with E-state index >= 15 is 0 Å². The maximum Gasteiger partial charge on any atom is 0.331 e. The first-order chi connectivity index (χ1) is 20.5. The number of esters is 4. The zero-order valence-corrected chi connectivity index (χ0v) is 26.5. The Balaban J connectivity index is 1.62. The molecule has 4 heterocycles. The maximum atomic E-state index is 13.3. The summed E-state index contributed by atoms with van der Waals surface area (Å²) in [5.74, 6) is -6.80. The number of furan rings is 1. The van der Waals surface area contributed by atoms with Crippen LogP contribution in [0.3, 0.4) is 0 Å². The molecule has 11 nitrogen and oxygen atoms in total. The van der Waals surface area contributed by atoms with Crippen LogP contribution in [0.15, 0.2) is 34.7 Å². The molecule has 2 saturated heterocycles. The number of fused-ring (bicyclic) bond motifs is 2. The Labute approximate surface area is 256 Å². The van der Waals surface area contributed by atoms with Crippen molar-refractivity contribution in [1.29, 1.82) is 0 Å². The lowest BCUT2D eigenvalue weighted by molar-refractivity contribution is -0.326. The van der Waals surface area contributed by atoms with Crippen molar-refractivity contribution in [3.63, 3.8) is 0 Å². The summed E-state index contributed by atoms with van der Waals surface area (Å²) < 4.78 is 35.7. The molecular formula is C33H42O11. The van der Waals surface area contributed by atoms with E-state index < -0.39 is 93.5 Å². The molecule has 0 unspecified atom stereocenters. The van der Waals surface area contributed by atoms with Crippen molar-refractivity contribution >= 4 is 23.9 Å². The highest BCUT2D eigenvalue weighted by molar-refractivity contribution is 5.85. The van der Waals surface area contributed by atoms with Gasteiger partial charge in [-0.15, -0.1) is 0 Å². The van der Waals surface area contributed by atoms with Crippen molar-refractivity contribution in [2.45, 2.75) is 97.4 Å². The third kappa shape index (κ3) is 3.68. The van der Waals surface area contributed by atoms with Gasteiger partial charge < -0.3 is 33.2 Å². The molecule has 0 aromatic carbocycles. The van der Waals surface area contributed by atoms with Gasteiger partial charge in [0.1, 0.15) is 23.9 Å². The van der Waals surface area contributed by atoms with E-state index in [9.17, 15) is 24.3 Å². The van der Waals surface area contributed by atoms with Gasteiger partial charge in [-0.25, -0.2) is 4.79 Å². The molecule has 240 valence electrons. The molecule has 2 aliphatic carbocycles. The zero-order valence-electron chi connectivity index (χ0n) is 26.5. The van der Waals surface area contributed by atoms with Crippen LogP contribution in [-0.2, 0) is 42.9 Å². The molecule has 5 aliphatic rings. The lowest BCUT2D eigenvalue weighted by Gasteiger charge is -2.67. The Morgan fingerprint density at radius 1 is 1.11 bits per heavy atom. The molecule has 2 bridgehead atoms. The van der Waals surface area contributed by atoms with Gasteiger partial charge in [0.2, 0.25) is 0 Å². The molecule has 1 aromatic rings. The van der Waals surface area contributed by atoms with Crippen molar-refractivity contribution in [2.24, 2.45) is 39.9 Å². The Hall–Kier alpha value is -3.18. The highest BCUT2D eigenvalue weighted by Gasteiger charge is 2.90. The quantitative estimate of drug-likeness (QED) is 0.366. The van der Waals surface area contributed by atoms with E-state index in [0.29, 0.717) is 24.0 Å². The van der Waals surface area contributed by atoms with Crippen LogP contribution in [0.5, 0.6) is 0 Å². The molecule has 1 spiro atoms. The van der Waals surface area contributed by atoms with Gasteiger partial charge in [0.25, 0.3) is 0 Å². The molecule has 6 rings (SSSR count). The minimum atomic E-state index is -2.01. The van der Waals surface area contributed by atoms with E-state index in [2.05, 4.69) is 0 Å². The van der Waals surface area contributed by atoms with Crippen LogP contribution in [-0.4, -0.2) is 59.7 Å². The summed E-state index contributed by atoms with van der Waals surface area (Å²) in [5.41, 5.74) is -3.11. The normalized spacial score (nSPS) is 43.0. The van der Waals surface area contributed by atoms with E-state index in [0.717, 1.165) is 0 Å².